The second kappa shape index (κ2) is 7.44. The lowest BCUT2D eigenvalue weighted by atomic mass is 9.74. The Balaban J connectivity index is 2.27. The zero-order valence-electron chi connectivity index (χ0n) is 13.8. The van der Waals surface area contributed by atoms with Gasteiger partial charge in [-0.15, -0.1) is 0 Å². The van der Waals surface area contributed by atoms with Gasteiger partial charge >= 0.3 is 0 Å². The van der Waals surface area contributed by atoms with E-state index in [2.05, 4.69) is 19.2 Å². The van der Waals surface area contributed by atoms with Gasteiger partial charge in [0.05, 0.1) is 0 Å². The molecule has 0 saturated carbocycles. The minimum Gasteiger partial charge on any atom is -0.329 e. The lowest BCUT2D eigenvalue weighted by Gasteiger charge is -2.30. The molecule has 0 aromatic heterocycles. The Bertz CT molecular complexity index is 781. The van der Waals surface area contributed by atoms with Gasteiger partial charge in [-0.2, -0.15) is 10.5 Å². The van der Waals surface area contributed by atoms with Crippen LogP contribution in [0.25, 0.3) is 6.08 Å². The van der Waals surface area contributed by atoms with Gasteiger partial charge in [-0.05, 0) is 47.1 Å². The quantitative estimate of drug-likeness (QED) is 0.662. The van der Waals surface area contributed by atoms with E-state index < -0.39 is 0 Å². The highest BCUT2D eigenvalue weighted by Crippen LogP contribution is 2.39. The third kappa shape index (κ3) is 4.44. The van der Waals surface area contributed by atoms with Crippen LogP contribution in [0.5, 0.6) is 0 Å². The summed E-state index contributed by atoms with van der Waals surface area (Å²) >= 11 is 0. The minimum atomic E-state index is 0.0143. The van der Waals surface area contributed by atoms with Crippen molar-refractivity contribution in [2.45, 2.75) is 26.7 Å². The maximum atomic E-state index is 10.4. The smallest absolute Gasteiger partial charge is 0.211 e. The van der Waals surface area contributed by atoms with Gasteiger partial charge < -0.3 is 5.32 Å². The van der Waals surface area contributed by atoms with Crippen LogP contribution in [0.15, 0.2) is 53.1 Å². The molecule has 1 aromatic rings. The number of anilines is 1. The Labute approximate surface area is 142 Å². The lowest BCUT2D eigenvalue weighted by Crippen LogP contribution is -2.17. The molecule has 2 rings (SSSR count). The number of benzene rings is 1. The Morgan fingerprint density at radius 3 is 2.38 bits per heavy atom. The van der Waals surface area contributed by atoms with Gasteiger partial charge in [-0.3, -0.25) is 4.79 Å². The van der Waals surface area contributed by atoms with Gasteiger partial charge in [0.2, 0.25) is 6.41 Å². The molecule has 0 aliphatic heterocycles. The third-order valence-electron chi connectivity index (χ3n) is 3.88. The molecule has 0 fully saturated rings. The first kappa shape index (κ1) is 17.2. The van der Waals surface area contributed by atoms with Gasteiger partial charge in [-0.25, -0.2) is 0 Å². The molecule has 0 bridgehead atoms. The maximum absolute atomic E-state index is 10.4. The van der Waals surface area contributed by atoms with Crippen LogP contribution in [0.4, 0.5) is 5.69 Å². The van der Waals surface area contributed by atoms with Crippen molar-refractivity contribution < 1.29 is 4.79 Å². The largest absolute Gasteiger partial charge is 0.329 e. The molecule has 1 N–H and O–H groups in total. The summed E-state index contributed by atoms with van der Waals surface area (Å²) in [7, 11) is 0. The molecule has 0 heterocycles. The second-order valence-corrected chi connectivity index (χ2v) is 6.58. The zero-order valence-corrected chi connectivity index (χ0v) is 13.8. The number of nitrogens with zero attached hydrogens (tertiary/aromatic N) is 2. The number of hydrogen-bond donors (Lipinski definition) is 1. The number of nitrogens with one attached hydrogen (secondary N) is 1. The Morgan fingerprint density at radius 1 is 1.12 bits per heavy atom. The predicted molar refractivity (Wildman–Crippen MR) is 94.5 cm³/mol. The van der Waals surface area contributed by atoms with Crippen molar-refractivity contribution in [1.29, 1.82) is 10.5 Å². The summed E-state index contributed by atoms with van der Waals surface area (Å²) in [6.45, 7) is 4.28. The number of rotatable bonds is 4. The molecule has 0 unspecified atom stereocenters. The van der Waals surface area contributed by atoms with E-state index in [9.17, 15) is 4.79 Å². The molecular weight excluding hydrogens is 298 g/mol. The van der Waals surface area contributed by atoms with Gasteiger partial charge in [0.1, 0.15) is 17.7 Å². The lowest BCUT2D eigenvalue weighted by molar-refractivity contribution is -0.105. The second-order valence-electron chi connectivity index (χ2n) is 6.58. The Morgan fingerprint density at radius 2 is 1.79 bits per heavy atom. The van der Waals surface area contributed by atoms with Crippen molar-refractivity contribution in [3.63, 3.8) is 0 Å². The number of amides is 1. The Kier molecular flexibility index (Phi) is 5.35. The van der Waals surface area contributed by atoms with Gasteiger partial charge in [0.15, 0.2) is 0 Å². The van der Waals surface area contributed by atoms with E-state index in [0.717, 1.165) is 35.2 Å². The van der Waals surface area contributed by atoms with Crippen LogP contribution in [0, 0.1) is 28.1 Å². The zero-order chi connectivity index (χ0) is 17.6. The SMILES string of the molecule is CC1(C)CC(/C=C/c2ccc(NC=O)cc2)=CC(=C(C#N)C#N)C1. The average molecular weight is 317 g/mol. The molecule has 120 valence electrons. The fraction of sp³-hybridized carbons (Fsp3) is 0.250. The summed E-state index contributed by atoms with van der Waals surface area (Å²) < 4.78 is 0. The summed E-state index contributed by atoms with van der Waals surface area (Å²) in [5.41, 5.74) is 3.87. The van der Waals surface area contributed by atoms with Gasteiger partial charge in [0, 0.05) is 5.69 Å². The van der Waals surface area contributed by atoms with E-state index in [-0.39, 0.29) is 11.0 Å². The molecule has 24 heavy (non-hydrogen) atoms. The molecule has 1 amide bonds. The highest BCUT2D eigenvalue weighted by atomic mass is 16.1. The summed E-state index contributed by atoms with van der Waals surface area (Å²) in [4.78, 5) is 10.4. The summed E-state index contributed by atoms with van der Waals surface area (Å²) in [6, 6.07) is 11.5. The molecule has 0 radical (unpaired) electrons. The van der Waals surface area contributed by atoms with E-state index in [0.29, 0.717) is 6.41 Å². The van der Waals surface area contributed by atoms with Crippen molar-refractivity contribution in [1.82, 2.24) is 0 Å². The van der Waals surface area contributed by atoms with Crippen molar-refractivity contribution >= 4 is 18.2 Å². The first-order valence-corrected chi connectivity index (χ1v) is 7.70. The average Bonchev–Trinajstić information content (AvgIpc) is 2.54. The van der Waals surface area contributed by atoms with Crippen molar-refractivity contribution in [2.24, 2.45) is 5.41 Å². The van der Waals surface area contributed by atoms with E-state index >= 15 is 0 Å². The van der Waals surface area contributed by atoms with E-state index in [1.165, 1.54) is 0 Å². The first-order chi connectivity index (χ1) is 11.5. The van der Waals surface area contributed by atoms with Crippen LogP contribution in [0.3, 0.4) is 0 Å². The van der Waals surface area contributed by atoms with E-state index in [1.807, 2.05) is 54.6 Å². The minimum absolute atomic E-state index is 0.0143. The number of allylic oxidation sites excluding steroid dienone is 5. The molecule has 0 atom stereocenters. The summed E-state index contributed by atoms with van der Waals surface area (Å²) in [5, 5.41) is 20.8. The van der Waals surface area contributed by atoms with Crippen LogP contribution >= 0.6 is 0 Å². The van der Waals surface area contributed by atoms with Crippen LogP contribution < -0.4 is 5.32 Å². The molecule has 0 saturated heterocycles. The van der Waals surface area contributed by atoms with Crippen LogP contribution in [0.2, 0.25) is 0 Å². The monoisotopic (exact) mass is 317 g/mol. The van der Waals surface area contributed by atoms with Gasteiger partial charge in [-0.1, -0.05) is 44.2 Å². The molecular formula is C20H19N3O. The summed E-state index contributed by atoms with van der Waals surface area (Å²) in [6.07, 6.45) is 8.24. The molecule has 1 aliphatic carbocycles. The normalized spacial score (nSPS) is 16.0. The van der Waals surface area contributed by atoms with Crippen molar-refractivity contribution in [2.75, 3.05) is 5.32 Å². The van der Waals surface area contributed by atoms with E-state index in [4.69, 9.17) is 10.5 Å². The third-order valence-corrected chi connectivity index (χ3v) is 3.88. The van der Waals surface area contributed by atoms with Gasteiger partial charge in [0.25, 0.3) is 0 Å². The predicted octanol–water partition coefficient (Wildman–Crippen LogP) is 4.36. The molecule has 0 spiro atoms. The number of hydrogen-bond acceptors (Lipinski definition) is 3. The van der Waals surface area contributed by atoms with Crippen molar-refractivity contribution in [3.05, 3.63) is 58.7 Å². The van der Waals surface area contributed by atoms with E-state index in [1.54, 1.807) is 0 Å². The van der Waals surface area contributed by atoms with Crippen molar-refractivity contribution in [3.8, 4) is 12.1 Å². The summed E-state index contributed by atoms with van der Waals surface area (Å²) in [5.74, 6) is 0. The standard InChI is InChI=1S/C20H19N3O/c1-20(2)10-16(9-17(11-20)18(12-21)13-22)4-3-15-5-7-19(8-6-15)23-14-24/h3-9,14H,10-11H2,1-2H3,(H,23,24)/b4-3+. The number of nitriles is 2. The van der Waals surface area contributed by atoms with Crippen LogP contribution in [-0.2, 0) is 4.79 Å². The molecule has 1 aliphatic rings. The highest BCUT2D eigenvalue weighted by molar-refractivity contribution is 5.72. The fourth-order valence-electron chi connectivity index (χ4n) is 2.85. The van der Waals surface area contributed by atoms with Crippen LogP contribution in [0.1, 0.15) is 32.3 Å². The van der Waals surface area contributed by atoms with Crippen LogP contribution in [-0.4, -0.2) is 6.41 Å². The number of carbonyl (C=O) groups excluding carboxylic acids is 1. The molecule has 4 nitrogen and oxygen atoms in total. The molecule has 4 heteroatoms. The molecule has 1 aromatic carbocycles. The topological polar surface area (TPSA) is 76.7 Å². The maximum Gasteiger partial charge on any atom is 0.211 e. The fourth-order valence-corrected chi connectivity index (χ4v) is 2.85. The highest BCUT2D eigenvalue weighted by Gasteiger charge is 2.26. The number of carbonyl (C=O) groups is 1. The first-order valence-electron chi connectivity index (χ1n) is 7.70. The Hall–Kier alpha value is -3.11.